The molecular formula is C4H8N2O. The van der Waals surface area contributed by atoms with Crippen LogP contribution in [-0.4, -0.2) is 18.8 Å². The number of ether oxygens (including phenoxy) is 1. The van der Waals surface area contributed by atoms with E-state index in [9.17, 15) is 0 Å². The van der Waals surface area contributed by atoms with Crippen LogP contribution in [0.15, 0.2) is 12.5 Å². The van der Waals surface area contributed by atoms with Crippen molar-refractivity contribution in [1.29, 1.82) is 0 Å². The predicted molar refractivity (Wildman–Crippen MR) is 26.0 cm³/mol. The van der Waals surface area contributed by atoms with Gasteiger partial charge in [0.15, 0.2) is 12.6 Å². The van der Waals surface area contributed by atoms with Gasteiger partial charge in [0, 0.05) is 7.05 Å². The molecule has 3 nitrogen and oxygen atoms in total. The van der Waals surface area contributed by atoms with Gasteiger partial charge in [-0.1, -0.05) is 0 Å². The summed E-state index contributed by atoms with van der Waals surface area (Å²) in [4.78, 5) is 0. The molecule has 1 aliphatic heterocycles. The van der Waals surface area contributed by atoms with Crippen molar-refractivity contribution in [1.82, 2.24) is 10.4 Å². The minimum absolute atomic E-state index is 0.551. The van der Waals surface area contributed by atoms with E-state index in [0.29, 0.717) is 12.6 Å². The van der Waals surface area contributed by atoms with Gasteiger partial charge in [-0.05, 0) is 6.58 Å². The quantitative estimate of drug-likeness (QED) is 0.459. The summed E-state index contributed by atoms with van der Waals surface area (Å²) in [6.07, 6.45) is 0. The topological polar surface area (TPSA) is 24.5 Å². The maximum atomic E-state index is 4.89. The molecule has 0 atom stereocenters. The molecule has 1 rings (SSSR count). The van der Waals surface area contributed by atoms with Crippen molar-refractivity contribution in [2.45, 2.75) is 0 Å². The van der Waals surface area contributed by atoms with E-state index in [1.807, 2.05) is 7.05 Å². The maximum Gasteiger partial charge on any atom is 0.197 e. The van der Waals surface area contributed by atoms with Crippen LogP contribution >= 0.6 is 0 Å². The smallest absolute Gasteiger partial charge is 0.197 e. The fraction of sp³-hybridized carbons (Fsp3) is 0.500. The summed E-state index contributed by atoms with van der Waals surface area (Å²) in [5, 5.41) is 1.74. The highest BCUT2D eigenvalue weighted by Crippen LogP contribution is 2.00. The Morgan fingerprint density at radius 1 is 2.00 bits per heavy atom. The van der Waals surface area contributed by atoms with Gasteiger partial charge in [0.2, 0.25) is 0 Å². The Hall–Kier alpha value is -0.700. The second kappa shape index (κ2) is 1.42. The van der Waals surface area contributed by atoms with Gasteiger partial charge >= 0.3 is 0 Å². The van der Waals surface area contributed by atoms with E-state index in [0.717, 1.165) is 0 Å². The summed E-state index contributed by atoms with van der Waals surface area (Å²) in [6.45, 7) is 4.13. The summed E-state index contributed by atoms with van der Waals surface area (Å²) in [5.74, 6) is 0.681. The lowest BCUT2D eigenvalue weighted by molar-refractivity contribution is 0.245. The van der Waals surface area contributed by atoms with Crippen LogP contribution in [0.1, 0.15) is 0 Å². The van der Waals surface area contributed by atoms with Crippen LogP contribution in [0.4, 0.5) is 0 Å². The number of nitrogens with zero attached hydrogens (tertiary/aromatic N) is 1. The molecule has 1 heterocycles. The Morgan fingerprint density at radius 2 is 2.71 bits per heavy atom. The van der Waals surface area contributed by atoms with Crippen LogP contribution in [0.25, 0.3) is 0 Å². The summed E-state index contributed by atoms with van der Waals surface area (Å²) >= 11 is 0. The molecule has 0 aromatic heterocycles. The molecule has 40 valence electrons. The highest BCUT2D eigenvalue weighted by atomic mass is 16.5. The molecule has 1 saturated heterocycles. The number of hydrogen-bond donors (Lipinski definition) is 1. The lowest BCUT2D eigenvalue weighted by Crippen LogP contribution is -2.24. The molecule has 3 heteroatoms. The van der Waals surface area contributed by atoms with Gasteiger partial charge in [0.25, 0.3) is 0 Å². The fourth-order valence-corrected chi connectivity index (χ4v) is 0.397. The average Bonchev–Trinajstić information content (AvgIpc) is 1.91. The van der Waals surface area contributed by atoms with Gasteiger partial charge in [-0.15, -0.1) is 0 Å². The van der Waals surface area contributed by atoms with Gasteiger partial charge in [-0.2, -0.15) is 5.43 Å². The summed E-state index contributed by atoms with van der Waals surface area (Å²) in [6, 6.07) is 0. The molecule has 7 heavy (non-hydrogen) atoms. The van der Waals surface area contributed by atoms with E-state index in [1.54, 1.807) is 5.01 Å². The predicted octanol–water partition coefficient (Wildman–Crippen LogP) is -0.118. The molecule has 0 aromatic rings. The summed E-state index contributed by atoms with van der Waals surface area (Å²) < 4.78 is 4.89. The average molecular weight is 100 g/mol. The summed E-state index contributed by atoms with van der Waals surface area (Å²) in [5.41, 5.74) is 2.88. The SMILES string of the molecule is C=C1OCNN1C. The molecule has 0 aromatic carbocycles. The van der Waals surface area contributed by atoms with Gasteiger partial charge in [-0.25, -0.2) is 0 Å². The van der Waals surface area contributed by atoms with Gasteiger partial charge in [0.05, 0.1) is 0 Å². The second-order valence-corrected chi connectivity index (χ2v) is 1.40. The molecular weight excluding hydrogens is 92.1 g/mol. The van der Waals surface area contributed by atoms with E-state index < -0.39 is 0 Å². The molecule has 0 aliphatic carbocycles. The molecule has 0 saturated carbocycles. The van der Waals surface area contributed by atoms with Crippen LogP contribution < -0.4 is 5.43 Å². The van der Waals surface area contributed by atoms with Crippen molar-refractivity contribution in [3.63, 3.8) is 0 Å². The third-order valence-corrected chi connectivity index (χ3v) is 0.915. The molecule has 0 radical (unpaired) electrons. The Kier molecular flexibility index (Phi) is 0.906. The monoisotopic (exact) mass is 100 g/mol. The Labute approximate surface area is 42.5 Å². The van der Waals surface area contributed by atoms with Crippen LogP contribution in [-0.2, 0) is 4.74 Å². The zero-order valence-corrected chi connectivity index (χ0v) is 4.27. The largest absolute Gasteiger partial charge is 0.461 e. The number of hydrogen-bond acceptors (Lipinski definition) is 3. The number of nitrogens with one attached hydrogen (secondary N) is 1. The number of rotatable bonds is 0. The second-order valence-electron chi connectivity index (χ2n) is 1.40. The first-order valence-electron chi connectivity index (χ1n) is 2.09. The third kappa shape index (κ3) is 0.667. The molecule has 1 fully saturated rings. The standard InChI is InChI=1S/C4H8N2O/c1-4-6(2)5-3-7-4/h5H,1,3H2,2H3. The minimum atomic E-state index is 0.551. The molecule has 0 bridgehead atoms. The van der Waals surface area contributed by atoms with Crippen molar-refractivity contribution >= 4 is 0 Å². The Balaban J connectivity index is 2.48. The first-order chi connectivity index (χ1) is 3.30. The highest BCUT2D eigenvalue weighted by molar-refractivity contribution is 4.80. The highest BCUT2D eigenvalue weighted by Gasteiger charge is 2.07. The van der Waals surface area contributed by atoms with Crippen molar-refractivity contribution < 1.29 is 4.74 Å². The number of hydrazine groups is 1. The van der Waals surface area contributed by atoms with E-state index in [-0.39, 0.29) is 0 Å². The van der Waals surface area contributed by atoms with E-state index in [1.165, 1.54) is 0 Å². The lowest BCUT2D eigenvalue weighted by Gasteiger charge is -2.04. The minimum Gasteiger partial charge on any atom is -0.461 e. The summed E-state index contributed by atoms with van der Waals surface area (Å²) in [7, 11) is 1.86. The molecule has 0 amide bonds. The van der Waals surface area contributed by atoms with Crippen LogP contribution in [0.2, 0.25) is 0 Å². The third-order valence-electron chi connectivity index (χ3n) is 0.915. The normalized spacial score (nSPS) is 20.1. The first-order valence-corrected chi connectivity index (χ1v) is 2.09. The van der Waals surface area contributed by atoms with E-state index >= 15 is 0 Å². The zero-order chi connectivity index (χ0) is 5.28. The van der Waals surface area contributed by atoms with E-state index in [4.69, 9.17) is 4.74 Å². The van der Waals surface area contributed by atoms with Crippen molar-refractivity contribution in [3.05, 3.63) is 12.5 Å². The van der Waals surface area contributed by atoms with E-state index in [2.05, 4.69) is 12.0 Å². The Morgan fingerprint density at radius 3 is 2.86 bits per heavy atom. The van der Waals surface area contributed by atoms with Crippen molar-refractivity contribution in [2.75, 3.05) is 13.8 Å². The van der Waals surface area contributed by atoms with Gasteiger partial charge in [-0.3, -0.25) is 5.01 Å². The van der Waals surface area contributed by atoms with Crippen LogP contribution in [0.3, 0.4) is 0 Å². The molecule has 0 spiro atoms. The molecule has 1 aliphatic rings. The fourth-order valence-electron chi connectivity index (χ4n) is 0.397. The molecule has 1 N–H and O–H groups in total. The lowest BCUT2D eigenvalue weighted by atomic mass is 10.9. The van der Waals surface area contributed by atoms with Gasteiger partial charge in [0.1, 0.15) is 0 Å². The van der Waals surface area contributed by atoms with Crippen molar-refractivity contribution in [2.24, 2.45) is 0 Å². The molecule has 0 unspecified atom stereocenters. The van der Waals surface area contributed by atoms with Crippen LogP contribution in [0, 0.1) is 0 Å². The van der Waals surface area contributed by atoms with Crippen LogP contribution in [0.5, 0.6) is 0 Å². The van der Waals surface area contributed by atoms with Gasteiger partial charge < -0.3 is 4.74 Å². The zero-order valence-electron chi connectivity index (χ0n) is 4.27. The first kappa shape index (κ1) is 4.46. The maximum absolute atomic E-state index is 4.89. The van der Waals surface area contributed by atoms with Crippen molar-refractivity contribution in [3.8, 4) is 0 Å². The Bertz CT molecular complexity index is 91.7.